The lowest BCUT2D eigenvalue weighted by Gasteiger charge is -2.16. The number of hydrogen-bond donors (Lipinski definition) is 0. The van der Waals surface area contributed by atoms with Crippen LogP contribution >= 0.6 is 0 Å². The van der Waals surface area contributed by atoms with Crippen LogP contribution in [-0.2, 0) is 12.8 Å². The SMILES string of the molecule is CC(C)Cc1ccc2c(n1)OCCC2. The van der Waals surface area contributed by atoms with E-state index < -0.39 is 0 Å². The summed E-state index contributed by atoms with van der Waals surface area (Å²) in [4.78, 5) is 4.53. The van der Waals surface area contributed by atoms with E-state index in [1.807, 2.05) is 0 Å². The summed E-state index contributed by atoms with van der Waals surface area (Å²) in [5.74, 6) is 1.53. The van der Waals surface area contributed by atoms with E-state index in [1.165, 1.54) is 5.56 Å². The Morgan fingerprint density at radius 2 is 2.29 bits per heavy atom. The van der Waals surface area contributed by atoms with Crippen LogP contribution in [0.3, 0.4) is 0 Å². The van der Waals surface area contributed by atoms with Gasteiger partial charge in [-0.2, -0.15) is 0 Å². The minimum absolute atomic E-state index is 0.657. The van der Waals surface area contributed by atoms with Gasteiger partial charge >= 0.3 is 0 Å². The lowest BCUT2D eigenvalue weighted by Crippen LogP contribution is -2.11. The maximum atomic E-state index is 5.53. The topological polar surface area (TPSA) is 22.1 Å². The highest BCUT2D eigenvalue weighted by Crippen LogP contribution is 2.23. The highest BCUT2D eigenvalue weighted by molar-refractivity contribution is 5.29. The van der Waals surface area contributed by atoms with Crippen LogP contribution in [-0.4, -0.2) is 11.6 Å². The monoisotopic (exact) mass is 191 g/mol. The predicted molar refractivity (Wildman–Crippen MR) is 56.6 cm³/mol. The number of ether oxygens (including phenoxy) is 1. The molecule has 2 rings (SSSR count). The molecular weight excluding hydrogens is 174 g/mol. The predicted octanol–water partition coefficient (Wildman–Crippen LogP) is 2.61. The van der Waals surface area contributed by atoms with Gasteiger partial charge in [-0.1, -0.05) is 19.9 Å². The molecule has 0 N–H and O–H groups in total. The van der Waals surface area contributed by atoms with Crippen molar-refractivity contribution in [3.63, 3.8) is 0 Å². The number of aryl methyl sites for hydroxylation is 1. The lowest BCUT2D eigenvalue weighted by atomic mass is 10.1. The summed E-state index contributed by atoms with van der Waals surface area (Å²) < 4.78 is 5.53. The van der Waals surface area contributed by atoms with Gasteiger partial charge in [0, 0.05) is 11.3 Å². The molecule has 0 bridgehead atoms. The fraction of sp³-hybridized carbons (Fsp3) is 0.583. The molecule has 0 aromatic carbocycles. The Labute approximate surface area is 85.3 Å². The van der Waals surface area contributed by atoms with Crippen LogP contribution in [0.15, 0.2) is 12.1 Å². The van der Waals surface area contributed by atoms with E-state index in [2.05, 4.69) is 31.0 Å². The van der Waals surface area contributed by atoms with Crippen molar-refractivity contribution >= 4 is 0 Å². The Morgan fingerprint density at radius 1 is 1.43 bits per heavy atom. The Hall–Kier alpha value is -1.05. The van der Waals surface area contributed by atoms with Gasteiger partial charge < -0.3 is 4.74 Å². The average Bonchev–Trinajstić information content (AvgIpc) is 2.17. The molecule has 2 nitrogen and oxygen atoms in total. The molecule has 2 heteroatoms. The summed E-state index contributed by atoms with van der Waals surface area (Å²) in [5, 5.41) is 0. The Kier molecular flexibility index (Phi) is 2.71. The van der Waals surface area contributed by atoms with Crippen LogP contribution in [0.1, 0.15) is 31.5 Å². The van der Waals surface area contributed by atoms with Gasteiger partial charge in [0.2, 0.25) is 5.88 Å². The number of fused-ring (bicyclic) bond motifs is 1. The smallest absolute Gasteiger partial charge is 0.216 e. The van der Waals surface area contributed by atoms with Crippen molar-refractivity contribution in [3.05, 3.63) is 23.4 Å². The van der Waals surface area contributed by atoms with E-state index >= 15 is 0 Å². The second kappa shape index (κ2) is 3.99. The zero-order chi connectivity index (χ0) is 9.97. The van der Waals surface area contributed by atoms with Crippen molar-refractivity contribution < 1.29 is 4.74 Å². The second-order valence-electron chi connectivity index (χ2n) is 4.32. The molecule has 0 radical (unpaired) electrons. The van der Waals surface area contributed by atoms with E-state index in [1.54, 1.807) is 0 Å². The highest BCUT2D eigenvalue weighted by atomic mass is 16.5. The molecule has 76 valence electrons. The van der Waals surface area contributed by atoms with Crippen molar-refractivity contribution in [2.75, 3.05) is 6.61 Å². The molecule has 2 heterocycles. The van der Waals surface area contributed by atoms with Gasteiger partial charge in [-0.3, -0.25) is 0 Å². The van der Waals surface area contributed by atoms with Gasteiger partial charge in [0.1, 0.15) is 0 Å². The summed E-state index contributed by atoms with van der Waals surface area (Å²) in [6.07, 6.45) is 3.28. The van der Waals surface area contributed by atoms with Gasteiger partial charge in [-0.05, 0) is 31.2 Å². The molecule has 0 spiro atoms. The quantitative estimate of drug-likeness (QED) is 0.717. The zero-order valence-corrected chi connectivity index (χ0v) is 8.92. The number of hydrogen-bond acceptors (Lipinski definition) is 2. The van der Waals surface area contributed by atoms with Gasteiger partial charge in [0.05, 0.1) is 6.61 Å². The van der Waals surface area contributed by atoms with Crippen LogP contribution < -0.4 is 4.74 Å². The zero-order valence-electron chi connectivity index (χ0n) is 8.92. The molecule has 1 aromatic rings. The summed E-state index contributed by atoms with van der Waals surface area (Å²) in [7, 11) is 0. The number of rotatable bonds is 2. The maximum Gasteiger partial charge on any atom is 0.216 e. The van der Waals surface area contributed by atoms with E-state index in [4.69, 9.17) is 4.74 Å². The summed E-state index contributed by atoms with van der Waals surface area (Å²) in [6.45, 7) is 5.25. The molecule has 1 aliphatic rings. The van der Waals surface area contributed by atoms with Gasteiger partial charge in [-0.25, -0.2) is 4.98 Å². The first-order valence-electron chi connectivity index (χ1n) is 5.37. The van der Waals surface area contributed by atoms with Crippen LogP contribution in [0.5, 0.6) is 5.88 Å². The molecule has 0 amide bonds. The van der Waals surface area contributed by atoms with Crippen molar-refractivity contribution in [1.29, 1.82) is 0 Å². The Bertz CT molecular complexity index is 320. The minimum Gasteiger partial charge on any atom is -0.477 e. The van der Waals surface area contributed by atoms with E-state index in [0.717, 1.165) is 37.4 Å². The summed E-state index contributed by atoms with van der Waals surface area (Å²) >= 11 is 0. The summed E-state index contributed by atoms with van der Waals surface area (Å²) in [6, 6.07) is 4.30. The number of nitrogens with zero attached hydrogens (tertiary/aromatic N) is 1. The Morgan fingerprint density at radius 3 is 3.07 bits per heavy atom. The molecule has 0 atom stereocenters. The third-order valence-corrected chi connectivity index (χ3v) is 2.44. The minimum atomic E-state index is 0.657. The van der Waals surface area contributed by atoms with Crippen molar-refractivity contribution in [3.8, 4) is 5.88 Å². The van der Waals surface area contributed by atoms with Crippen molar-refractivity contribution in [2.45, 2.75) is 33.1 Å². The molecule has 1 aliphatic heterocycles. The highest BCUT2D eigenvalue weighted by Gasteiger charge is 2.12. The number of pyridine rings is 1. The first kappa shape index (κ1) is 9.50. The molecule has 0 unspecified atom stereocenters. The fourth-order valence-electron chi connectivity index (χ4n) is 1.79. The molecule has 1 aromatic heterocycles. The first-order chi connectivity index (χ1) is 6.75. The van der Waals surface area contributed by atoms with Crippen LogP contribution in [0.2, 0.25) is 0 Å². The maximum absolute atomic E-state index is 5.53. The van der Waals surface area contributed by atoms with Gasteiger partial charge in [-0.15, -0.1) is 0 Å². The molecule has 14 heavy (non-hydrogen) atoms. The third kappa shape index (κ3) is 2.06. The molecule has 0 fully saturated rings. The second-order valence-corrected chi connectivity index (χ2v) is 4.32. The number of aromatic nitrogens is 1. The third-order valence-electron chi connectivity index (χ3n) is 2.44. The molecule has 0 saturated heterocycles. The van der Waals surface area contributed by atoms with E-state index in [0.29, 0.717) is 5.92 Å². The van der Waals surface area contributed by atoms with Crippen LogP contribution in [0.4, 0.5) is 0 Å². The van der Waals surface area contributed by atoms with Crippen molar-refractivity contribution in [2.24, 2.45) is 5.92 Å². The summed E-state index contributed by atoms with van der Waals surface area (Å²) in [5.41, 5.74) is 2.42. The van der Waals surface area contributed by atoms with Gasteiger partial charge in [0.15, 0.2) is 0 Å². The van der Waals surface area contributed by atoms with Crippen LogP contribution in [0, 0.1) is 5.92 Å². The van der Waals surface area contributed by atoms with Crippen LogP contribution in [0.25, 0.3) is 0 Å². The lowest BCUT2D eigenvalue weighted by molar-refractivity contribution is 0.275. The van der Waals surface area contributed by atoms with Crippen molar-refractivity contribution in [1.82, 2.24) is 4.98 Å². The first-order valence-corrected chi connectivity index (χ1v) is 5.37. The van der Waals surface area contributed by atoms with Gasteiger partial charge in [0.25, 0.3) is 0 Å². The average molecular weight is 191 g/mol. The largest absolute Gasteiger partial charge is 0.477 e. The normalized spacial score (nSPS) is 15.1. The molecular formula is C12H17NO. The molecule has 0 saturated carbocycles. The molecule has 0 aliphatic carbocycles. The van der Waals surface area contributed by atoms with E-state index in [-0.39, 0.29) is 0 Å². The van der Waals surface area contributed by atoms with E-state index in [9.17, 15) is 0 Å². The standard InChI is InChI=1S/C12H17NO/c1-9(2)8-11-6-5-10-4-3-7-14-12(10)13-11/h5-6,9H,3-4,7-8H2,1-2H3. The Balaban J connectivity index is 2.20. The fourth-order valence-corrected chi connectivity index (χ4v) is 1.79.